The number of carbonyl (C=O) groups excluding carboxylic acids is 1. The Bertz CT molecular complexity index is 1710. The predicted octanol–water partition coefficient (Wildman–Crippen LogP) is 8.10. The van der Waals surface area contributed by atoms with Gasteiger partial charge in [-0.2, -0.15) is 4.99 Å². The second-order valence-electron chi connectivity index (χ2n) is 11.8. The van der Waals surface area contributed by atoms with Gasteiger partial charge in [-0.05, 0) is 93.3 Å². The first-order valence-electron chi connectivity index (χ1n) is 15.3. The van der Waals surface area contributed by atoms with Crippen LogP contribution in [-0.4, -0.2) is 50.7 Å². The highest BCUT2D eigenvalue weighted by Gasteiger charge is 2.31. The molecule has 1 aromatic heterocycles. The predicted molar refractivity (Wildman–Crippen MR) is 175 cm³/mol. The lowest BCUT2D eigenvalue weighted by Crippen LogP contribution is -2.38. The summed E-state index contributed by atoms with van der Waals surface area (Å²) in [5, 5.41) is 8.40. The standard InChI is InChI=1S/C34H35F3N6O2S/c1-21-17-22(2)30(23(3)18-21)42-15-4-16-46-33(42)40-32(44)39-27-10-9-26(19-27)24-5-7-25(8-6-24)31-38-20-43(41-31)28-11-13-29(14-12-28)45-34(35,36)37/h5-8,11-14,17-18,20,26-27H,4,9-10,15-16,19H2,1-3H3,(H,39,44). The van der Waals surface area contributed by atoms with Gasteiger partial charge in [0.2, 0.25) is 0 Å². The molecule has 3 aromatic carbocycles. The number of halogens is 3. The second kappa shape index (κ2) is 13.2. The molecule has 8 nitrogen and oxygen atoms in total. The van der Waals surface area contributed by atoms with Crippen molar-refractivity contribution in [2.75, 3.05) is 17.2 Å². The number of benzene rings is 3. The number of alkyl halides is 3. The molecule has 0 radical (unpaired) electrons. The fourth-order valence-electron chi connectivity index (χ4n) is 6.39. The molecule has 2 fully saturated rings. The Labute approximate surface area is 270 Å². The average molecular weight is 649 g/mol. The van der Waals surface area contributed by atoms with Crippen LogP contribution in [0.1, 0.15) is 53.9 Å². The summed E-state index contributed by atoms with van der Waals surface area (Å²) in [5.74, 6) is 1.46. The van der Waals surface area contributed by atoms with Gasteiger partial charge < -0.3 is 15.0 Å². The zero-order valence-corrected chi connectivity index (χ0v) is 26.7. The van der Waals surface area contributed by atoms with Gasteiger partial charge in [0.15, 0.2) is 11.0 Å². The lowest BCUT2D eigenvalue weighted by atomic mass is 9.96. The molecule has 46 heavy (non-hydrogen) atoms. The third-order valence-corrected chi connectivity index (χ3v) is 9.38. The molecule has 12 heteroatoms. The number of amidine groups is 1. The van der Waals surface area contributed by atoms with Crippen molar-refractivity contribution in [3.8, 4) is 22.8 Å². The number of thioether (sulfide) groups is 1. The minimum Gasteiger partial charge on any atom is -0.406 e. The molecule has 2 aliphatic rings. The van der Waals surface area contributed by atoms with Crippen LogP contribution in [0.3, 0.4) is 0 Å². The summed E-state index contributed by atoms with van der Waals surface area (Å²) in [6.07, 6.45) is 0.498. The molecule has 2 heterocycles. The van der Waals surface area contributed by atoms with Crippen LogP contribution in [-0.2, 0) is 0 Å². The molecule has 2 unspecified atom stereocenters. The first-order chi connectivity index (χ1) is 22.0. The Balaban J connectivity index is 1.06. The number of carbonyl (C=O) groups is 1. The maximum Gasteiger partial charge on any atom is 0.573 e. The molecule has 1 aliphatic heterocycles. The first-order valence-corrected chi connectivity index (χ1v) is 16.3. The van der Waals surface area contributed by atoms with Crippen molar-refractivity contribution >= 4 is 28.6 Å². The fourth-order valence-corrected chi connectivity index (χ4v) is 7.33. The summed E-state index contributed by atoms with van der Waals surface area (Å²) in [4.78, 5) is 24.2. The first kappa shape index (κ1) is 31.7. The zero-order chi connectivity index (χ0) is 32.4. The molecule has 2 atom stereocenters. The Morgan fingerprint density at radius 3 is 2.43 bits per heavy atom. The molecule has 0 bridgehead atoms. The van der Waals surface area contributed by atoms with Crippen molar-refractivity contribution in [3.63, 3.8) is 0 Å². The number of hydrogen-bond donors (Lipinski definition) is 1. The van der Waals surface area contributed by atoms with E-state index in [0.29, 0.717) is 17.4 Å². The maximum absolute atomic E-state index is 13.1. The molecule has 240 valence electrons. The van der Waals surface area contributed by atoms with E-state index in [4.69, 9.17) is 0 Å². The molecule has 1 saturated heterocycles. The summed E-state index contributed by atoms with van der Waals surface area (Å²) in [6.45, 7) is 7.17. The van der Waals surface area contributed by atoms with Gasteiger partial charge in [-0.15, -0.1) is 18.3 Å². The molecule has 2 amide bonds. The Kier molecular flexibility index (Phi) is 9.08. The molecular weight excluding hydrogens is 613 g/mol. The van der Waals surface area contributed by atoms with E-state index in [0.717, 1.165) is 54.4 Å². The molecule has 6 rings (SSSR count). The third-order valence-electron chi connectivity index (χ3n) is 8.32. The highest BCUT2D eigenvalue weighted by atomic mass is 32.2. The van der Waals surface area contributed by atoms with Gasteiger partial charge in [0, 0.05) is 29.6 Å². The van der Waals surface area contributed by atoms with Crippen molar-refractivity contribution in [1.82, 2.24) is 20.1 Å². The number of aryl methyl sites for hydroxylation is 3. The molecule has 0 spiro atoms. The lowest BCUT2D eigenvalue weighted by molar-refractivity contribution is -0.274. The van der Waals surface area contributed by atoms with Crippen molar-refractivity contribution in [2.45, 2.75) is 64.8 Å². The molecule has 1 N–H and O–H groups in total. The van der Waals surface area contributed by atoms with Crippen LogP contribution in [0, 0.1) is 20.8 Å². The van der Waals surface area contributed by atoms with Crippen LogP contribution in [0.15, 0.2) is 72.0 Å². The number of nitrogens with zero attached hydrogens (tertiary/aromatic N) is 5. The number of aromatic nitrogens is 3. The minimum atomic E-state index is -4.74. The summed E-state index contributed by atoms with van der Waals surface area (Å²) >= 11 is 1.63. The normalized spacial score (nSPS) is 19.4. The van der Waals surface area contributed by atoms with Crippen LogP contribution in [0.25, 0.3) is 17.1 Å². The van der Waals surface area contributed by atoms with Crippen LogP contribution in [0.4, 0.5) is 23.7 Å². The monoisotopic (exact) mass is 648 g/mol. The van der Waals surface area contributed by atoms with E-state index in [1.807, 2.05) is 12.1 Å². The number of urea groups is 1. The fraction of sp³-hybridized carbons (Fsp3) is 0.353. The highest BCUT2D eigenvalue weighted by Crippen LogP contribution is 2.36. The molecular formula is C34H35F3N6O2S. The molecule has 1 saturated carbocycles. The lowest BCUT2D eigenvalue weighted by Gasteiger charge is -2.32. The van der Waals surface area contributed by atoms with Crippen LogP contribution < -0.4 is 15.0 Å². The van der Waals surface area contributed by atoms with E-state index in [-0.39, 0.29) is 17.8 Å². The minimum absolute atomic E-state index is 0.0525. The van der Waals surface area contributed by atoms with Gasteiger partial charge in [0.1, 0.15) is 12.1 Å². The molecule has 4 aromatic rings. The van der Waals surface area contributed by atoms with Gasteiger partial charge >= 0.3 is 12.4 Å². The van der Waals surface area contributed by atoms with Crippen molar-refractivity contribution in [1.29, 1.82) is 0 Å². The van der Waals surface area contributed by atoms with Crippen LogP contribution in [0.5, 0.6) is 5.75 Å². The van der Waals surface area contributed by atoms with E-state index in [1.54, 1.807) is 11.8 Å². The van der Waals surface area contributed by atoms with Gasteiger partial charge in [0.25, 0.3) is 0 Å². The largest absolute Gasteiger partial charge is 0.573 e. The Hall–Kier alpha value is -4.32. The summed E-state index contributed by atoms with van der Waals surface area (Å²) in [6, 6.07) is 17.6. The van der Waals surface area contributed by atoms with Gasteiger partial charge in [-0.3, -0.25) is 0 Å². The van der Waals surface area contributed by atoms with Crippen LogP contribution in [0.2, 0.25) is 0 Å². The van der Waals surface area contributed by atoms with Gasteiger partial charge in [-0.25, -0.2) is 14.5 Å². The Morgan fingerprint density at radius 2 is 1.74 bits per heavy atom. The average Bonchev–Trinajstić information content (AvgIpc) is 3.68. The van der Waals surface area contributed by atoms with Crippen molar-refractivity contribution in [3.05, 3.63) is 89.2 Å². The smallest absolute Gasteiger partial charge is 0.406 e. The number of aliphatic imine (C=N–C) groups is 1. The SMILES string of the molecule is Cc1cc(C)c(N2CCCSC2=NC(=O)NC2CCC(c3ccc(-c4ncn(-c5ccc(OC(F)(F)F)cc5)n4)cc3)C2)c(C)c1. The number of hydrogen-bond acceptors (Lipinski definition) is 5. The van der Waals surface area contributed by atoms with Gasteiger partial charge in [-0.1, -0.05) is 53.7 Å². The topological polar surface area (TPSA) is 84.6 Å². The Morgan fingerprint density at radius 1 is 1.02 bits per heavy atom. The number of nitrogens with one attached hydrogen (secondary N) is 1. The van der Waals surface area contributed by atoms with E-state index < -0.39 is 6.36 Å². The maximum atomic E-state index is 13.1. The van der Waals surface area contributed by atoms with E-state index in [1.165, 1.54) is 57.5 Å². The summed E-state index contributed by atoms with van der Waals surface area (Å²) in [5.41, 5.74) is 7.32. The zero-order valence-electron chi connectivity index (χ0n) is 25.8. The number of anilines is 1. The summed E-state index contributed by atoms with van der Waals surface area (Å²) in [7, 11) is 0. The quantitative estimate of drug-likeness (QED) is 0.228. The summed E-state index contributed by atoms with van der Waals surface area (Å²) < 4.78 is 42.8. The number of ether oxygens (including phenoxy) is 1. The van der Waals surface area contributed by atoms with E-state index >= 15 is 0 Å². The highest BCUT2D eigenvalue weighted by molar-refractivity contribution is 8.14. The van der Waals surface area contributed by atoms with Gasteiger partial charge in [0.05, 0.1) is 5.69 Å². The van der Waals surface area contributed by atoms with Crippen LogP contribution >= 0.6 is 11.8 Å². The number of amides is 2. The molecule has 1 aliphatic carbocycles. The number of rotatable bonds is 6. The van der Waals surface area contributed by atoms with E-state index in [2.05, 4.69) is 75.1 Å². The van der Waals surface area contributed by atoms with Crippen molar-refractivity contribution in [2.24, 2.45) is 4.99 Å². The van der Waals surface area contributed by atoms with Crippen molar-refractivity contribution < 1.29 is 22.7 Å². The third kappa shape index (κ3) is 7.38. The second-order valence-corrected chi connectivity index (χ2v) is 12.9. The van der Waals surface area contributed by atoms with E-state index in [9.17, 15) is 18.0 Å².